The second-order valence-electron chi connectivity index (χ2n) is 7.30. The van der Waals surface area contributed by atoms with E-state index in [-0.39, 0.29) is 17.8 Å². The van der Waals surface area contributed by atoms with Gasteiger partial charge in [0, 0.05) is 42.2 Å². The molecule has 7 nitrogen and oxygen atoms in total. The average molecular weight is 380 g/mol. The molecule has 1 saturated heterocycles. The highest BCUT2D eigenvalue weighted by Gasteiger charge is 2.19. The van der Waals surface area contributed by atoms with E-state index < -0.39 is 0 Å². The number of ether oxygens (including phenoxy) is 1. The van der Waals surface area contributed by atoms with Gasteiger partial charge in [0.2, 0.25) is 0 Å². The maximum atomic E-state index is 12.5. The molecule has 1 amide bonds. The van der Waals surface area contributed by atoms with E-state index in [0.29, 0.717) is 18.1 Å². The molecule has 0 bridgehead atoms. The van der Waals surface area contributed by atoms with Gasteiger partial charge in [-0.2, -0.15) is 0 Å². The Bertz CT molecular complexity index is 1030. The Morgan fingerprint density at radius 2 is 2.11 bits per heavy atom. The van der Waals surface area contributed by atoms with Gasteiger partial charge in [-0.3, -0.25) is 9.59 Å². The van der Waals surface area contributed by atoms with Crippen molar-refractivity contribution in [2.24, 2.45) is 0 Å². The predicted molar refractivity (Wildman–Crippen MR) is 107 cm³/mol. The van der Waals surface area contributed by atoms with Gasteiger partial charge in [0.05, 0.1) is 17.5 Å². The van der Waals surface area contributed by atoms with Gasteiger partial charge in [-0.25, -0.2) is 4.98 Å². The van der Waals surface area contributed by atoms with Crippen LogP contribution in [-0.4, -0.2) is 45.9 Å². The molecule has 1 aromatic carbocycles. The first-order valence-corrected chi connectivity index (χ1v) is 9.62. The number of carbonyl (C=O) groups is 2. The number of aryl methyl sites for hydroxylation is 1. The van der Waals surface area contributed by atoms with Crippen LogP contribution in [0.15, 0.2) is 24.3 Å². The third kappa shape index (κ3) is 3.71. The van der Waals surface area contributed by atoms with Crippen LogP contribution in [0, 0.1) is 6.92 Å². The number of nitrogens with zero attached hydrogens (tertiary/aromatic N) is 1. The summed E-state index contributed by atoms with van der Waals surface area (Å²) in [6.45, 7) is 4.69. The van der Waals surface area contributed by atoms with Crippen LogP contribution in [0.3, 0.4) is 0 Å². The number of H-pyrrole nitrogens is 2. The molecule has 0 saturated carbocycles. The summed E-state index contributed by atoms with van der Waals surface area (Å²) < 4.78 is 5.65. The Morgan fingerprint density at radius 1 is 1.25 bits per heavy atom. The SMILES string of the molecule is CC(=O)c1cc2cc(-c3nc(C(=O)NCC4CCCCO4)[nH]c3C)ccc2[nH]1. The molecule has 28 heavy (non-hydrogen) atoms. The number of amides is 1. The zero-order chi connectivity index (χ0) is 19.7. The quantitative estimate of drug-likeness (QED) is 0.591. The number of hydrogen-bond acceptors (Lipinski definition) is 4. The molecule has 0 radical (unpaired) electrons. The number of nitrogens with one attached hydrogen (secondary N) is 3. The van der Waals surface area contributed by atoms with Gasteiger partial charge >= 0.3 is 0 Å². The third-order valence-electron chi connectivity index (χ3n) is 5.14. The number of fused-ring (bicyclic) bond motifs is 1. The Kier molecular flexibility index (Phi) is 5.00. The summed E-state index contributed by atoms with van der Waals surface area (Å²) in [6, 6.07) is 7.66. The van der Waals surface area contributed by atoms with Crippen molar-refractivity contribution in [2.75, 3.05) is 13.2 Å². The molecule has 1 aliphatic heterocycles. The third-order valence-corrected chi connectivity index (χ3v) is 5.14. The number of benzene rings is 1. The zero-order valence-electron chi connectivity index (χ0n) is 16.1. The van der Waals surface area contributed by atoms with Crippen LogP contribution in [0.5, 0.6) is 0 Å². The van der Waals surface area contributed by atoms with Crippen molar-refractivity contribution in [3.8, 4) is 11.3 Å². The highest BCUT2D eigenvalue weighted by atomic mass is 16.5. The van der Waals surface area contributed by atoms with E-state index in [1.54, 1.807) is 0 Å². The molecule has 7 heteroatoms. The molecule has 2 aromatic heterocycles. The molecule has 3 heterocycles. The van der Waals surface area contributed by atoms with E-state index in [2.05, 4.69) is 20.3 Å². The monoisotopic (exact) mass is 380 g/mol. The fourth-order valence-electron chi connectivity index (χ4n) is 3.58. The first kappa shape index (κ1) is 18.4. The van der Waals surface area contributed by atoms with Crippen molar-refractivity contribution in [2.45, 2.75) is 39.2 Å². The summed E-state index contributed by atoms with van der Waals surface area (Å²) >= 11 is 0. The van der Waals surface area contributed by atoms with Crippen molar-refractivity contribution in [1.82, 2.24) is 20.3 Å². The zero-order valence-corrected chi connectivity index (χ0v) is 16.1. The summed E-state index contributed by atoms with van der Waals surface area (Å²) in [4.78, 5) is 34.7. The van der Waals surface area contributed by atoms with Gasteiger partial charge < -0.3 is 20.0 Å². The number of imidazole rings is 1. The number of rotatable bonds is 5. The highest BCUT2D eigenvalue weighted by Crippen LogP contribution is 2.26. The fraction of sp³-hybridized carbons (Fsp3) is 0.381. The first-order valence-electron chi connectivity index (χ1n) is 9.62. The summed E-state index contributed by atoms with van der Waals surface area (Å²) in [6.07, 6.45) is 3.28. The van der Waals surface area contributed by atoms with E-state index in [1.165, 1.54) is 6.92 Å². The molecule has 1 aliphatic rings. The molecular formula is C21H24N4O3. The minimum atomic E-state index is -0.231. The van der Waals surface area contributed by atoms with Crippen LogP contribution in [0.25, 0.3) is 22.2 Å². The van der Waals surface area contributed by atoms with Crippen molar-refractivity contribution in [3.63, 3.8) is 0 Å². The van der Waals surface area contributed by atoms with Crippen LogP contribution in [0.4, 0.5) is 0 Å². The molecular weight excluding hydrogens is 356 g/mol. The Balaban J connectivity index is 1.52. The Labute approximate surface area is 162 Å². The maximum absolute atomic E-state index is 12.5. The number of hydrogen-bond donors (Lipinski definition) is 3. The van der Waals surface area contributed by atoms with E-state index in [0.717, 1.165) is 53.7 Å². The predicted octanol–water partition coefficient (Wildman–Crippen LogP) is 3.37. The van der Waals surface area contributed by atoms with Crippen molar-refractivity contribution in [3.05, 3.63) is 41.5 Å². The smallest absolute Gasteiger partial charge is 0.287 e. The highest BCUT2D eigenvalue weighted by molar-refractivity contribution is 5.99. The minimum absolute atomic E-state index is 0.00500. The topological polar surface area (TPSA) is 99.9 Å². The van der Waals surface area contributed by atoms with E-state index in [9.17, 15) is 9.59 Å². The van der Waals surface area contributed by atoms with Gasteiger partial charge in [-0.05, 0) is 44.4 Å². The minimum Gasteiger partial charge on any atom is -0.376 e. The molecule has 146 valence electrons. The second kappa shape index (κ2) is 7.59. The first-order chi connectivity index (χ1) is 13.5. The van der Waals surface area contributed by atoms with Crippen LogP contribution in [0.2, 0.25) is 0 Å². The average Bonchev–Trinajstić information content (AvgIpc) is 3.30. The molecule has 1 unspecified atom stereocenters. The molecule has 3 aromatic rings. The van der Waals surface area contributed by atoms with Crippen LogP contribution in [-0.2, 0) is 4.74 Å². The van der Waals surface area contributed by atoms with E-state index >= 15 is 0 Å². The molecule has 3 N–H and O–H groups in total. The molecule has 1 fully saturated rings. The number of aromatic amines is 2. The normalized spacial score (nSPS) is 17.0. The number of Topliss-reactive ketones (excluding diaryl/α,β-unsaturated/α-hetero) is 1. The van der Waals surface area contributed by atoms with Gasteiger partial charge in [-0.15, -0.1) is 0 Å². The van der Waals surface area contributed by atoms with Crippen molar-refractivity contribution < 1.29 is 14.3 Å². The van der Waals surface area contributed by atoms with Gasteiger partial charge in [0.25, 0.3) is 5.91 Å². The lowest BCUT2D eigenvalue weighted by Crippen LogP contribution is -2.35. The maximum Gasteiger partial charge on any atom is 0.287 e. The number of aromatic nitrogens is 3. The molecule has 4 rings (SSSR count). The van der Waals surface area contributed by atoms with Crippen LogP contribution in [0.1, 0.15) is 53.0 Å². The number of ketones is 1. The summed E-state index contributed by atoms with van der Waals surface area (Å²) in [5.41, 5.74) is 3.92. The van der Waals surface area contributed by atoms with Crippen molar-refractivity contribution in [1.29, 1.82) is 0 Å². The fourth-order valence-corrected chi connectivity index (χ4v) is 3.58. The van der Waals surface area contributed by atoms with E-state index in [4.69, 9.17) is 4.74 Å². The summed E-state index contributed by atoms with van der Waals surface area (Å²) in [7, 11) is 0. The molecule has 0 aliphatic carbocycles. The lowest BCUT2D eigenvalue weighted by atomic mass is 10.1. The Hall–Kier alpha value is -2.93. The lowest BCUT2D eigenvalue weighted by molar-refractivity contribution is 0.0168. The standard InChI is InChI=1S/C21H24N4O3/c1-12-19(14-6-7-17-15(9-14)10-18(24-17)13(2)26)25-20(23-12)21(27)22-11-16-5-3-4-8-28-16/h6-7,9-10,16,24H,3-5,8,11H2,1-2H3,(H,22,27)(H,23,25). The van der Waals surface area contributed by atoms with E-state index in [1.807, 2.05) is 31.2 Å². The Morgan fingerprint density at radius 3 is 2.86 bits per heavy atom. The van der Waals surface area contributed by atoms with Crippen LogP contribution >= 0.6 is 0 Å². The lowest BCUT2D eigenvalue weighted by Gasteiger charge is -2.22. The summed E-state index contributed by atoms with van der Waals surface area (Å²) in [5, 5.41) is 3.84. The summed E-state index contributed by atoms with van der Waals surface area (Å²) in [5.74, 6) is 0.0571. The largest absolute Gasteiger partial charge is 0.376 e. The van der Waals surface area contributed by atoms with Crippen molar-refractivity contribution >= 4 is 22.6 Å². The van der Waals surface area contributed by atoms with Crippen LogP contribution < -0.4 is 5.32 Å². The second-order valence-corrected chi connectivity index (χ2v) is 7.30. The molecule has 0 spiro atoms. The molecule has 1 atom stereocenters. The van der Waals surface area contributed by atoms with Gasteiger partial charge in [0.1, 0.15) is 0 Å². The van der Waals surface area contributed by atoms with Gasteiger partial charge in [0.15, 0.2) is 11.6 Å². The number of carbonyl (C=O) groups excluding carboxylic acids is 2. The van der Waals surface area contributed by atoms with Gasteiger partial charge in [-0.1, -0.05) is 6.07 Å².